The lowest BCUT2D eigenvalue weighted by Gasteiger charge is -2.19. The number of nitrogens with one attached hydrogen (secondary N) is 1. The van der Waals surface area contributed by atoms with Gasteiger partial charge >= 0.3 is 0 Å². The van der Waals surface area contributed by atoms with Crippen molar-refractivity contribution in [2.45, 2.75) is 45.8 Å². The fourth-order valence-corrected chi connectivity index (χ4v) is 4.26. The summed E-state index contributed by atoms with van der Waals surface area (Å²) in [4.78, 5) is 6.83. The highest BCUT2D eigenvalue weighted by molar-refractivity contribution is 7.91. The zero-order valence-corrected chi connectivity index (χ0v) is 14.7. The molecule has 0 saturated carbocycles. The third-order valence-electron chi connectivity index (χ3n) is 3.40. The Morgan fingerprint density at radius 3 is 2.81 bits per heavy atom. The van der Waals surface area contributed by atoms with E-state index in [1.54, 1.807) is 11.3 Å². The number of nitrogens with zero attached hydrogens (tertiary/aromatic N) is 2. The molecule has 0 spiro atoms. The Morgan fingerprint density at radius 1 is 1.33 bits per heavy atom. The lowest BCUT2D eigenvalue weighted by Crippen LogP contribution is -2.35. The van der Waals surface area contributed by atoms with E-state index in [4.69, 9.17) is 0 Å². The second-order valence-electron chi connectivity index (χ2n) is 6.62. The maximum atomic E-state index is 11.6. The Balaban J connectivity index is 1.87. The Morgan fingerprint density at radius 2 is 2.10 bits per heavy atom. The van der Waals surface area contributed by atoms with Crippen molar-refractivity contribution < 1.29 is 8.42 Å². The van der Waals surface area contributed by atoms with Gasteiger partial charge in [-0.1, -0.05) is 0 Å². The fraction of sp³-hybridized carbons (Fsp3) is 0.786. The normalized spacial score (nSPS) is 20.3. The van der Waals surface area contributed by atoms with Gasteiger partial charge in [0.25, 0.3) is 0 Å². The summed E-state index contributed by atoms with van der Waals surface area (Å²) in [5, 5.41) is 6.60. The maximum Gasteiger partial charge on any atom is 0.151 e. The highest BCUT2D eigenvalue weighted by atomic mass is 32.2. The van der Waals surface area contributed by atoms with Crippen LogP contribution in [0, 0.1) is 0 Å². The second kappa shape index (κ2) is 6.73. The highest BCUT2D eigenvalue weighted by Gasteiger charge is 2.19. The van der Waals surface area contributed by atoms with Crippen LogP contribution in [0.2, 0.25) is 0 Å². The molecule has 1 saturated heterocycles. The predicted octanol–water partition coefficient (Wildman–Crippen LogP) is 1.65. The summed E-state index contributed by atoms with van der Waals surface area (Å²) in [6.07, 6.45) is 0.727. The molecule has 2 rings (SSSR count). The van der Waals surface area contributed by atoms with Gasteiger partial charge in [-0.05, 0) is 33.7 Å². The first-order valence-electron chi connectivity index (χ1n) is 7.35. The van der Waals surface area contributed by atoms with Gasteiger partial charge in [-0.15, -0.1) is 11.3 Å². The Labute approximate surface area is 131 Å². The molecule has 0 bridgehead atoms. The van der Waals surface area contributed by atoms with Crippen LogP contribution in [-0.4, -0.2) is 48.4 Å². The third-order valence-corrected chi connectivity index (χ3v) is 6.02. The SMILES string of the molecule is CC(C)(C)NCc1nc(CN2CCCS(=O)(=O)CC2)cs1. The number of thiazole rings is 1. The molecule has 2 heterocycles. The molecule has 0 atom stereocenters. The number of sulfone groups is 1. The molecule has 1 N–H and O–H groups in total. The summed E-state index contributed by atoms with van der Waals surface area (Å²) < 4.78 is 23.2. The summed E-state index contributed by atoms with van der Waals surface area (Å²) in [7, 11) is -2.83. The second-order valence-corrected chi connectivity index (χ2v) is 9.86. The molecule has 1 aliphatic rings. The van der Waals surface area contributed by atoms with Crippen LogP contribution in [0.25, 0.3) is 0 Å². The first-order chi connectivity index (χ1) is 9.73. The predicted molar refractivity (Wildman–Crippen MR) is 87.3 cm³/mol. The molecule has 1 fully saturated rings. The maximum absolute atomic E-state index is 11.6. The number of hydrogen-bond donors (Lipinski definition) is 1. The van der Waals surface area contributed by atoms with Crippen molar-refractivity contribution in [3.63, 3.8) is 0 Å². The lowest BCUT2D eigenvalue weighted by molar-refractivity contribution is 0.284. The van der Waals surface area contributed by atoms with Crippen LogP contribution in [0.5, 0.6) is 0 Å². The van der Waals surface area contributed by atoms with Crippen LogP contribution in [0.4, 0.5) is 0 Å². The number of aromatic nitrogens is 1. The van der Waals surface area contributed by atoms with E-state index >= 15 is 0 Å². The molecular weight excluding hydrogens is 306 g/mol. The zero-order valence-electron chi connectivity index (χ0n) is 13.1. The van der Waals surface area contributed by atoms with E-state index in [0.717, 1.165) is 36.8 Å². The minimum absolute atomic E-state index is 0.0883. The van der Waals surface area contributed by atoms with Crippen molar-refractivity contribution >= 4 is 21.2 Å². The van der Waals surface area contributed by atoms with E-state index in [1.165, 1.54) is 0 Å². The third kappa shape index (κ3) is 6.02. The summed E-state index contributed by atoms with van der Waals surface area (Å²) >= 11 is 1.67. The van der Waals surface area contributed by atoms with Gasteiger partial charge in [-0.3, -0.25) is 4.90 Å². The number of hydrogen-bond acceptors (Lipinski definition) is 6. The van der Waals surface area contributed by atoms with E-state index in [2.05, 4.69) is 41.4 Å². The lowest BCUT2D eigenvalue weighted by atomic mass is 10.1. The van der Waals surface area contributed by atoms with Crippen molar-refractivity contribution in [1.29, 1.82) is 0 Å². The zero-order chi connectivity index (χ0) is 15.5. The summed E-state index contributed by atoms with van der Waals surface area (Å²) in [6, 6.07) is 0. The van der Waals surface area contributed by atoms with E-state index in [9.17, 15) is 8.42 Å². The van der Waals surface area contributed by atoms with Crippen molar-refractivity contribution in [2.75, 3.05) is 24.6 Å². The van der Waals surface area contributed by atoms with Crippen molar-refractivity contribution in [3.8, 4) is 0 Å². The van der Waals surface area contributed by atoms with E-state index in [0.29, 0.717) is 12.3 Å². The largest absolute Gasteiger partial charge is 0.306 e. The average molecular weight is 332 g/mol. The summed E-state index contributed by atoms with van der Waals surface area (Å²) in [5.74, 6) is 0.594. The summed E-state index contributed by atoms with van der Waals surface area (Å²) in [5.41, 5.74) is 1.13. The Bertz CT molecular complexity index is 561. The highest BCUT2D eigenvalue weighted by Crippen LogP contribution is 2.14. The van der Waals surface area contributed by atoms with Gasteiger partial charge in [0.1, 0.15) is 5.01 Å². The van der Waals surface area contributed by atoms with Gasteiger partial charge in [0.15, 0.2) is 9.84 Å². The molecule has 21 heavy (non-hydrogen) atoms. The molecule has 0 unspecified atom stereocenters. The van der Waals surface area contributed by atoms with E-state index in [1.807, 2.05) is 0 Å². The topological polar surface area (TPSA) is 62.3 Å². The molecule has 5 nitrogen and oxygen atoms in total. The molecule has 1 aromatic rings. The van der Waals surface area contributed by atoms with Gasteiger partial charge in [0, 0.05) is 30.6 Å². The minimum Gasteiger partial charge on any atom is -0.306 e. The van der Waals surface area contributed by atoms with Crippen molar-refractivity contribution in [2.24, 2.45) is 0 Å². The molecule has 0 amide bonds. The van der Waals surface area contributed by atoms with Gasteiger partial charge in [0.05, 0.1) is 17.2 Å². The Kier molecular flexibility index (Phi) is 5.40. The standard InChI is InChI=1S/C14H25N3O2S2/c1-14(2,3)15-9-13-16-12(11-20-13)10-17-5-4-7-21(18,19)8-6-17/h11,15H,4-10H2,1-3H3. The van der Waals surface area contributed by atoms with Crippen LogP contribution < -0.4 is 5.32 Å². The van der Waals surface area contributed by atoms with E-state index < -0.39 is 9.84 Å². The van der Waals surface area contributed by atoms with Crippen LogP contribution in [-0.2, 0) is 22.9 Å². The van der Waals surface area contributed by atoms with E-state index in [-0.39, 0.29) is 11.3 Å². The van der Waals surface area contributed by atoms with Crippen molar-refractivity contribution in [3.05, 3.63) is 16.1 Å². The first-order valence-corrected chi connectivity index (χ1v) is 10.0. The smallest absolute Gasteiger partial charge is 0.151 e. The van der Waals surface area contributed by atoms with Crippen LogP contribution in [0.3, 0.4) is 0 Å². The van der Waals surface area contributed by atoms with Gasteiger partial charge in [-0.25, -0.2) is 13.4 Å². The molecule has 1 aliphatic heterocycles. The molecule has 0 aromatic carbocycles. The average Bonchev–Trinajstić information content (AvgIpc) is 2.73. The van der Waals surface area contributed by atoms with Gasteiger partial charge < -0.3 is 5.32 Å². The van der Waals surface area contributed by atoms with Crippen LogP contribution >= 0.6 is 11.3 Å². The molecule has 0 radical (unpaired) electrons. The molecule has 120 valence electrons. The first kappa shape index (κ1) is 16.9. The number of rotatable bonds is 4. The van der Waals surface area contributed by atoms with Gasteiger partial charge in [0.2, 0.25) is 0 Å². The fourth-order valence-electron chi connectivity index (χ4n) is 2.22. The van der Waals surface area contributed by atoms with Crippen LogP contribution in [0.15, 0.2) is 5.38 Å². The molecule has 0 aliphatic carbocycles. The quantitative estimate of drug-likeness (QED) is 0.909. The van der Waals surface area contributed by atoms with Crippen LogP contribution in [0.1, 0.15) is 37.9 Å². The summed E-state index contributed by atoms with van der Waals surface area (Å²) in [6.45, 7) is 9.41. The molecule has 7 heteroatoms. The molecular formula is C14H25N3O2S2. The van der Waals surface area contributed by atoms with Crippen molar-refractivity contribution in [1.82, 2.24) is 15.2 Å². The molecule has 1 aromatic heterocycles. The monoisotopic (exact) mass is 331 g/mol. The minimum atomic E-state index is -2.83. The Hall–Kier alpha value is -0.500. The van der Waals surface area contributed by atoms with Gasteiger partial charge in [-0.2, -0.15) is 0 Å².